The second-order valence-electron chi connectivity index (χ2n) is 4.19. The third-order valence-corrected chi connectivity index (χ3v) is 3.07. The van der Waals surface area contributed by atoms with E-state index in [0.717, 1.165) is 17.5 Å². The van der Waals surface area contributed by atoms with Gasteiger partial charge in [0.05, 0.1) is 0 Å². The topological polar surface area (TPSA) is 46.2 Å². The maximum absolute atomic E-state index is 13.2. The molecule has 1 rings (SSSR count). The summed E-state index contributed by atoms with van der Waals surface area (Å²) in [7, 11) is 0. The Morgan fingerprint density at radius 3 is 2.69 bits per heavy atom. The molecular formula is C13H20FNO. The molecule has 0 radical (unpaired) electrons. The van der Waals surface area contributed by atoms with Gasteiger partial charge in [0, 0.05) is 18.6 Å². The number of nitrogens with two attached hydrogens (primary N) is 1. The van der Waals surface area contributed by atoms with E-state index >= 15 is 0 Å². The van der Waals surface area contributed by atoms with Crippen LogP contribution in [0.3, 0.4) is 0 Å². The summed E-state index contributed by atoms with van der Waals surface area (Å²) in [6.45, 7) is 4.03. The third kappa shape index (κ3) is 3.03. The highest BCUT2D eigenvalue weighted by Gasteiger charge is 2.20. The molecule has 90 valence electrons. The van der Waals surface area contributed by atoms with Gasteiger partial charge in [-0.15, -0.1) is 0 Å². The van der Waals surface area contributed by atoms with Gasteiger partial charge >= 0.3 is 0 Å². The minimum atomic E-state index is -0.244. The van der Waals surface area contributed by atoms with Crippen molar-refractivity contribution in [1.29, 1.82) is 0 Å². The summed E-state index contributed by atoms with van der Waals surface area (Å²) in [5, 5.41) is 9.05. The van der Waals surface area contributed by atoms with Gasteiger partial charge in [0.1, 0.15) is 5.82 Å². The van der Waals surface area contributed by atoms with E-state index in [1.807, 2.05) is 13.8 Å². The first-order chi connectivity index (χ1) is 7.60. The number of hydrogen-bond donors (Lipinski definition) is 2. The van der Waals surface area contributed by atoms with Crippen LogP contribution in [0.25, 0.3) is 0 Å². The van der Waals surface area contributed by atoms with Crippen LogP contribution in [0.5, 0.6) is 0 Å². The van der Waals surface area contributed by atoms with Gasteiger partial charge in [-0.1, -0.05) is 13.0 Å². The molecule has 1 aromatic carbocycles. The van der Waals surface area contributed by atoms with E-state index in [9.17, 15) is 4.39 Å². The summed E-state index contributed by atoms with van der Waals surface area (Å²) in [6.07, 6.45) is 1.40. The smallest absolute Gasteiger partial charge is 0.123 e. The fraction of sp³-hybridized carbons (Fsp3) is 0.538. The standard InChI is InChI=1S/C13H20FNO/c1-3-13(15)11(6-7-16)12-8-10(14)5-4-9(12)2/h4-5,8,11,13,16H,3,6-7,15H2,1-2H3. The van der Waals surface area contributed by atoms with Crippen LogP contribution in [0.1, 0.15) is 36.8 Å². The number of hydrogen-bond acceptors (Lipinski definition) is 2. The first kappa shape index (κ1) is 13.1. The lowest BCUT2D eigenvalue weighted by Gasteiger charge is -2.24. The van der Waals surface area contributed by atoms with Crippen LogP contribution in [-0.4, -0.2) is 17.8 Å². The van der Waals surface area contributed by atoms with Crippen LogP contribution in [0.2, 0.25) is 0 Å². The second-order valence-corrected chi connectivity index (χ2v) is 4.19. The summed E-state index contributed by atoms with van der Waals surface area (Å²) in [4.78, 5) is 0. The highest BCUT2D eigenvalue weighted by atomic mass is 19.1. The molecule has 3 N–H and O–H groups in total. The Hall–Kier alpha value is -0.930. The molecule has 0 aliphatic heterocycles. The minimum absolute atomic E-state index is 0.0331. The number of benzene rings is 1. The van der Waals surface area contributed by atoms with E-state index in [-0.39, 0.29) is 24.4 Å². The largest absolute Gasteiger partial charge is 0.396 e. The quantitative estimate of drug-likeness (QED) is 0.808. The molecule has 0 aliphatic rings. The average Bonchev–Trinajstić information content (AvgIpc) is 2.28. The number of aliphatic hydroxyl groups is 1. The molecule has 0 amide bonds. The summed E-state index contributed by atoms with van der Waals surface area (Å²) in [5.41, 5.74) is 7.97. The fourth-order valence-corrected chi connectivity index (χ4v) is 2.03. The Morgan fingerprint density at radius 1 is 1.44 bits per heavy atom. The van der Waals surface area contributed by atoms with Crippen molar-refractivity contribution in [2.45, 2.75) is 38.6 Å². The van der Waals surface area contributed by atoms with Gasteiger partial charge < -0.3 is 10.8 Å². The van der Waals surface area contributed by atoms with Crippen molar-refractivity contribution in [2.75, 3.05) is 6.61 Å². The van der Waals surface area contributed by atoms with Gasteiger partial charge in [0.15, 0.2) is 0 Å². The van der Waals surface area contributed by atoms with E-state index < -0.39 is 0 Å². The highest BCUT2D eigenvalue weighted by Crippen LogP contribution is 2.27. The molecule has 2 unspecified atom stereocenters. The van der Waals surface area contributed by atoms with Crippen LogP contribution < -0.4 is 5.73 Å². The molecule has 2 nitrogen and oxygen atoms in total. The molecule has 0 saturated heterocycles. The summed E-state index contributed by atoms with van der Waals surface area (Å²) in [5.74, 6) is -0.211. The van der Waals surface area contributed by atoms with E-state index in [1.54, 1.807) is 6.07 Å². The van der Waals surface area contributed by atoms with Crippen molar-refractivity contribution < 1.29 is 9.50 Å². The number of halogens is 1. The molecule has 16 heavy (non-hydrogen) atoms. The van der Waals surface area contributed by atoms with Crippen molar-refractivity contribution in [2.24, 2.45) is 5.73 Å². The fourth-order valence-electron chi connectivity index (χ4n) is 2.03. The number of aliphatic hydroxyl groups excluding tert-OH is 1. The van der Waals surface area contributed by atoms with E-state index in [1.165, 1.54) is 12.1 Å². The third-order valence-electron chi connectivity index (χ3n) is 3.07. The monoisotopic (exact) mass is 225 g/mol. The van der Waals surface area contributed by atoms with Crippen molar-refractivity contribution in [3.63, 3.8) is 0 Å². The van der Waals surface area contributed by atoms with Gasteiger partial charge in [0.25, 0.3) is 0 Å². The molecule has 0 spiro atoms. The van der Waals surface area contributed by atoms with E-state index in [2.05, 4.69) is 0 Å². The predicted molar refractivity (Wildman–Crippen MR) is 63.8 cm³/mol. The van der Waals surface area contributed by atoms with Crippen LogP contribution >= 0.6 is 0 Å². The van der Waals surface area contributed by atoms with Crippen molar-refractivity contribution in [1.82, 2.24) is 0 Å². The normalized spacial score (nSPS) is 14.8. The molecule has 0 heterocycles. The Kier molecular flexibility index (Phi) is 4.90. The number of rotatable bonds is 5. The summed E-state index contributed by atoms with van der Waals surface area (Å²) < 4.78 is 13.2. The van der Waals surface area contributed by atoms with Crippen LogP contribution in [0.4, 0.5) is 4.39 Å². The van der Waals surface area contributed by atoms with Crippen LogP contribution in [0.15, 0.2) is 18.2 Å². The van der Waals surface area contributed by atoms with Gasteiger partial charge in [-0.25, -0.2) is 4.39 Å². The van der Waals surface area contributed by atoms with Gasteiger partial charge in [0.2, 0.25) is 0 Å². The lowest BCUT2D eigenvalue weighted by atomic mass is 9.85. The first-order valence-corrected chi connectivity index (χ1v) is 5.72. The van der Waals surface area contributed by atoms with Gasteiger partial charge in [-0.05, 0) is 43.0 Å². The van der Waals surface area contributed by atoms with Crippen molar-refractivity contribution in [3.8, 4) is 0 Å². The lowest BCUT2D eigenvalue weighted by Crippen LogP contribution is -2.29. The van der Waals surface area contributed by atoms with Gasteiger partial charge in [-0.2, -0.15) is 0 Å². The maximum atomic E-state index is 13.2. The molecular weight excluding hydrogens is 205 g/mol. The zero-order valence-electron chi connectivity index (χ0n) is 9.91. The second kappa shape index (κ2) is 5.97. The average molecular weight is 225 g/mol. The maximum Gasteiger partial charge on any atom is 0.123 e. The zero-order chi connectivity index (χ0) is 12.1. The Balaban J connectivity index is 3.04. The SMILES string of the molecule is CCC(N)C(CCO)c1cc(F)ccc1C. The molecule has 0 fully saturated rings. The van der Waals surface area contributed by atoms with Crippen LogP contribution in [0, 0.1) is 12.7 Å². The van der Waals surface area contributed by atoms with Crippen molar-refractivity contribution in [3.05, 3.63) is 35.1 Å². The summed E-state index contributed by atoms with van der Waals surface area (Å²) in [6, 6.07) is 4.71. The lowest BCUT2D eigenvalue weighted by molar-refractivity contribution is 0.265. The molecule has 0 saturated carbocycles. The molecule has 1 aromatic rings. The molecule has 2 atom stereocenters. The highest BCUT2D eigenvalue weighted by molar-refractivity contribution is 5.31. The molecule has 0 bridgehead atoms. The minimum Gasteiger partial charge on any atom is -0.396 e. The zero-order valence-corrected chi connectivity index (χ0v) is 9.91. The van der Waals surface area contributed by atoms with Crippen LogP contribution in [-0.2, 0) is 0 Å². The molecule has 0 aromatic heterocycles. The summed E-state index contributed by atoms with van der Waals surface area (Å²) >= 11 is 0. The number of aryl methyl sites for hydroxylation is 1. The Bertz CT molecular complexity index is 341. The Labute approximate surface area is 96.3 Å². The molecule has 3 heteroatoms. The Morgan fingerprint density at radius 2 is 2.12 bits per heavy atom. The first-order valence-electron chi connectivity index (χ1n) is 5.72. The van der Waals surface area contributed by atoms with Gasteiger partial charge in [-0.3, -0.25) is 0 Å². The predicted octanol–water partition coefficient (Wildman–Crippen LogP) is 2.34. The van der Waals surface area contributed by atoms with Crippen molar-refractivity contribution >= 4 is 0 Å². The molecule has 0 aliphatic carbocycles. The van der Waals surface area contributed by atoms with E-state index in [4.69, 9.17) is 10.8 Å². The van der Waals surface area contributed by atoms with E-state index in [0.29, 0.717) is 6.42 Å².